The molecule has 0 aromatic heterocycles. The minimum Gasteiger partial charge on any atom is -0.431 e. The maximum absolute atomic E-state index is 15.2. The summed E-state index contributed by atoms with van der Waals surface area (Å²) in [7, 11) is 0. The summed E-state index contributed by atoms with van der Waals surface area (Å²) in [5.41, 5.74) is 0.689. The zero-order chi connectivity index (χ0) is 17.1. The maximum Gasteiger partial charge on any atom is 0.307 e. The number of carbonyl (C=O) groups is 2. The molecule has 0 heterocycles. The van der Waals surface area contributed by atoms with Crippen molar-refractivity contribution in [2.45, 2.75) is 58.5 Å². The summed E-state index contributed by atoms with van der Waals surface area (Å²) < 4.78 is 20.4. The van der Waals surface area contributed by atoms with E-state index in [9.17, 15) is 9.59 Å². The van der Waals surface area contributed by atoms with Gasteiger partial charge in [-0.25, -0.2) is 4.39 Å². The number of alkyl halides is 1. The van der Waals surface area contributed by atoms with Crippen LogP contribution in [0.4, 0.5) is 4.39 Å². The zero-order valence-corrected chi connectivity index (χ0v) is 14.4. The fourth-order valence-corrected chi connectivity index (χ4v) is 5.99. The molecule has 0 aromatic rings. The molecule has 6 atom stereocenters. The lowest BCUT2D eigenvalue weighted by Crippen LogP contribution is -2.51. The van der Waals surface area contributed by atoms with Gasteiger partial charge in [0.05, 0.1) is 0 Å². The Morgan fingerprint density at radius 1 is 1.33 bits per heavy atom. The summed E-state index contributed by atoms with van der Waals surface area (Å²) >= 11 is 0. The van der Waals surface area contributed by atoms with Crippen molar-refractivity contribution in [1.29, 1.82) is 0 Å². The average molecular weight is 332 g/mol. The molecule has 130 valence electrons. The highest BCUT2D eigenvalue weighted by Gasteiger charge is 2.59. The van der Waals surface area contributed by atoms with Crippen molar-refractivity contribution in [3.8, 4) is 0 Å². The Labute approximate surface area is 142 Å². The molecule has 0 radical (unpaired) electrons. The van der Waals surface area contributed by atoms with E-state index in [2.05, 4.69) is 6.08 Å². The van der Waals surface area contributed by atoms with E-state index in [1.165, 1.54) is 6.92 Å². The van der Waals surface area contributed by atoms with Gasteiger partial charge in [0.1, 0.15) is 17.7 Å². The molecule has 1 unspecified atom stereocenters. The molecule has 2 fully saturated rings. The van der Waals surface area contributed by atoms with Crippen LogP contribution in [0.3, 0.4) is 0 Å². The van der Waals surface area contributed by atoms with Gasteiger partial charge in [-0.3, -0.25) is 9.59 Å². The molecule has 2 saturated carbocycles. The summed E-state index contributed by atoms with van der Waals surface area (Å²) in [6, 6.07) is 0. The number of ketones is 1. The average Bonchev–Trinajstić information content (AvgIpc) is 2.81. The molecule has 0 aromatic carbocycles. The smallest absolute Gasteiger partial charge is 0.307 e. The monoisotopic (exact) mass is 332 g/mol. The molecule has 4 heteroatoms. The number of hydrogen-bond acceptors (Lipinski definition) is 3. The maximum atomic E-state index is 15.2. The highest BCUT2D eigenvalue weighted by Crippen LogP contribution is 2.60. The normalized spacial score (nSPS) is 44.0. The van der Waals surface area contributed by atoms with Crippen LogP contribution in [0.5, 0.6) is 0 Å². The van der Waals surface area contributed by atoms with Crippen LogP contribution < -0.4 is 0 Å². The number of hydrogen-bond donors (Lipinski definition) is 0. The van der Waals surface area contributed by atoms with Gasteiger partial charge < -0.3 is 4.74 Å². The third-order valence-corrected chi connectivity index (χ3v) is 7.01. The molecule has 0 amide bonds. The summed E-state index contributed by atoms with van der Waals surface area (Å²) in [5.74, 6) is 1.51. The predicted octanol–water partition coefficient (Wildman–Crippen LogP) is 4.13. The van der Waals surface area contributed by atoms with E-state index >= 15 is 4.39 Å². The Bertz CT molecular complexity index is 649. The van der Waals surface area contributed by atoms with Crippen molar-refractivity contribution < 1.29 is 18.7 Å². The van der Waals surface area contributed by atoms with Crippen LogP contribution in [0.25, 0.3) is 0 Å². The van der Waals surface area contributed by atoms with Gasteiger partial charge >= 0.3 is 5.97 Å². The van der Waals surface area contributed by atoms with Gasteiger partial charge in [0.25, 0.3) is 0 Å². The molecule has 3 nitrogen and oxygen atoms in total. The van der Waals surface area contributed by atoms with Crippen LogP contribution in [0, 0.1) is 29.1 Å². The van der Waals surface area contributed by atoms with Crippen LogP contribution in [-0.4, -0.2) is 17.9 Å². The fourth-order valence-electron chi connectivity index (χ4n) is 5.99. The van der Waals surface area contributed by atoms with Gasteiger partial charge in [-0.2, -0.15) is 0 Å². The topological polar surface area (TPSA) is 43.4 Å². The van der Waals surface area contributed by atoms with E-state index in [-0.39, 0.29) is 29.5 Å². The van der Waals surface area contributed by atoms with E-state index in [1.807, 2.05) is 13.0 Å². The van der Waals surface area contributed by atoms with E-state index in [4.69, 9.17) is 4.74 Å². The van der Waals surface area contributed by atoms with E-state index < -0.39 is 11.6 Å². The molecule has 24 heavy (non-hydrogen) atoms. The molecule has 0 spiro atoms. The van der Waals surface area contributed by atoms with Gasteiger partial charge in [0.15, 0.2) is 0 Å². The molecule has 0 bridgehead atoms. The molecule has 4 rings (SSSR count). The Morgan fingerprint density at radius 2 is 2.12 bits per heavy atom. The van der Waals surface area contributed by atoms with Crippen molar-refractivity contribution in [2.24, 2.45) is 29.1 Å². The quantitative estimate of drug-likeness (QED) is 0.678. The third kappa shape index (κ3) is 2.29. The molecular weight excluding hydrogens is 307 g/mol. The summed E-state index contributed by atoms with van der Waals surface area (Å²) in [4.78, 5) is 23.5. The van der Waals surface area contributed by atoms with Crippen molar-refractivity contribution in [1.82, 2.24) is 0 Å². The lowest BCUT2D eigenvalue weighted by molar-refractivity contribution is -0.137. The number of allylic oxidation sites excluding steroid dienone is 4. The number of Topliss-reactive ketones (excluding diaryl/α,β-unsaturated/α-hetero) is 1. The van der Waals surface area contributed by atoms with Crippen molar-refractivity contribution in [3.05, 3.63) is 23.5 Å². The second-order valence-electron chi connectivity index (χ2n) is 8.24. The SMILES string of the molecule is CC(=O)OC1=CC2=CC[C@@H]3[C@H](C(F)C[C@]4(C)C(=O)CC[C@@H]34)[C@H]2CC1. The molecule has 4 aliphatic carbocycles. The van der Waals surface area contributed by atoms with Crippen LogP contribution in [0.2, 0.25) is 0 Å². The van der Waals surface area contributed by atoms with E-state index in [0.29, 0.717) is 30.9 Å². The van der Waals surface area contributed by atoms with Gasteiger partial charge in [0, 0.05) is 31.1 Å². The zero-order valence-electron chi connectivity index (χ0n) is 14.4. The molecular formula is C20H25FO3. The number of esters is 1. The van der Waals surface area contributed by atoms with Crippen LogP contribution >= 0.6 is 0 Å². The van der Waals surface area contributed by atoms with Gasteiger partial charge in [0.2, 0.25) is 0 Å². The number of ether oxygens (including phenoxy) is 1. The first kappa shape index (κ1) is 16.0. The first-order chi connectivity index (χ1) is 11.4. The van der Waals surface area contributed by atoms with Crippen LogP contribution in [0.15, 0.2) is 23.5 Å². The van der Waals surface area contributed by atoms with Gasteiger partial charge in [-0.1, -0.05) is 13.0 Å². The van der Waals surface area contributed by atoms with Crippen LogP contribution in [-0.2, 0) is 14.3 Å². The lowest BCUT2D eigenvalue weighted by Gasteiger charge is -2.52. The lowest BCUT2D eigenvalue weighted by atomic mass is 9.53. The standard InChI is InChI=1S/C20H25FO3/c1-11(22)24-13-4-6-14-12(9-13)3-5-15-16-7-8-18(23)20(16,2)10-17(21)19(14)15/h3,9,14-17,19H,4-8,10H2,1-2H3/t14-,15-,16-,17?,19+,20-/m0/s1. The van der Waals surface area contributed by atoms with Crippen molar-refractivity contribution in [3.63, 3.8) is 0 Å². The van der Waals surface area contributed by atoms with Gasteiger partial charge in [-0.05, 0) is 55.1 Å². The number of halogens is 1. The highest BCUT2D eigenvalue weighted by atomic mass is 19.1. The van der Waals surface area contributed by atoms with Crippen LogP contribution in [0.1, 0.15) is 52.4 Å². The van der Waals surface area contributed by atoms with Crippen molar-refractivity contribution >= 4 is 11.8 Å². The largest absolute Gasteiger partial charge is 0.431 e. The summed E-state index contributed by atoms with van der Waals surface area (Å²) in [6.45, 7) is 3.41. The number of rotatable bonds is 1. The first-order valence-electron chi connectivity index (χ1n) is 9.16. The second-order valence-corrected chi connectivity index (χ2v) is 8.24. The third-order valence-electron chi connectivity index (χ3n) is 7.01. The van der Waals surface area contributed by atoms with Gasteiger partial charge in [-0.15, -0.1) is 0 Å². The minimum atomic E-state index is -0.907. The molecule has 0 aliphatic heterocycles. The number of carbonyl (C=O) groups excluding carboxylic acids is 2. The molecule has 4 aliphatic rings. The van der Waals surface area contributed by atoms with E-state index in [1.54, 1.807) is 0 Å². The Balaban J connectivity index is 1.64. The number of fused-ring (bicyclic) bond motifs is 5. The fraction of sp³-hybridized carbons (Fsp3) is 0.700. The molecule has 0 saturated heterocycles. The Morgan fingerprint density at radius 3 is 2.88 bits per heavy atom. The summed E-state index contributed by atoms with van der Waals surface area (Å²) in [5, 5.41) is 0. The second kappa shape index (κ2) is 5.53. The Kier molecular flexibility index (Phi) is 3.70. The minimum absolute atomic E-state index is 0.0177. The molecule has 0 N–H and O–H groups in total. The van der Waals surface area contributed by atoms with Crippen molar-refractivity contribution in [2.75, 3.05) is 0 Å². The summed E-state index contributed by atoms with van der Waals surface area (Å²) in [6.07, 6.45) is 7.55. The van der Waals surface area contributed by atoms with E-state index in [0.717, 1.165) is 24.8 Å². The Hall–Kier alpha value is -1.45. The highest BCUT2D eigenvalue weighted by molar-refractivity contribution is 5.87. The first-order valence-corrected chi connectivity index (χ1v) is 9.16. The predicted molar refractivity (Wildman–Crippen MR) is 87.6 cm³/mol.